The molecule has 1 aromatic heterocycles. The van der Waals surface area contributed by atoms with Gasteiger partial charge in [-0.05, 0) is 12.1 Å². The first kappa shape index (κ1) is 11.8. The van der Waals surface area contributed by atoms with Crippen LogP contribution in [0, 0.1) is 17.3 Å². The highest BCUT2D eigenvalue weighted by molar-refractivity contribution is 5.60. The Labute approximate surface area is 104 Å². The molecule has 0 aliphatic carbocycles. The zero-order valence-corrected chi connectivity index (χ0v) is 9.63. The van der Waals surface area contributed by atoms with E-state index in [1.165, 1.54) is 17.3 Å². The van der Waals surface area contributed by atoms with Gasteiger partial charge in [-0.15, -0.1) is 0 Å². The van der Waals surface area contributed by atoms with Crippen LogP contribution in [0.2, 0.25) is 0 Å². The van der Waals surface area contributed by atoms with Gasteiger partial charge in [0.15, 0.2) is 6.19 Å². The average Bonchev–Trinajstić information content (AvgIpc) is 2.41. The van der Waals surface area contributed by atoms with E-state index in [-0.39, 0.29) is 5.82 Å². The van der Waals surface area contributed by atoms with Crippen molar-refractivity contribution in [3.8, 4) is 6.19 Å². The maximum absolute atomic E-state index is 13.4. The van der Waals surface area contributed by atoms with Crippen LogP contribution in [0.4, 0.5) is 21.7 Å². The van der Waals surface area contributed by atoms with Crippen molar-refractivity contribution in [2.45, 2.75) is 0 Å². The van der Waals surface area contributed by atoms with Gasteiger partial charge in [-0.1, -0.05) is 12.1 Å². The first-order valence-electron chi connectivity index (χ1n) is 5.18. The van der Waals surface area contributed by atoms with Gasteiger partial charge in [0.05, 0.1) is 5.69 Å². The summed E-state index contributed by atoms with van der Waals surface area (Å²) >= 11 is 0. The van der Waals surface area contributed by atoms with Crippen molar-refractivity contribution in [3.05, 3.63) is 42.5 Å². The lowest BCUT2D eigenvalue weighted by Gasteiger charge is -2.10. The van der Waals surface area contributed by atoms with Gasteiger partial charge in [0.25, 0.3) is 0 Å². The molecule has 2 rings (SSSR count). The van der Waals surface area contributed by atoms with Crippen LogP contribution in [0.1, 0.15) is 0 Å². The molecule has 0 radical (unpaired) electrons. The van der Waals surface area contributed by atoms with E-state index in [4.69, 9.17) is 5.26 Å². The molecule has 0 atom stereocenters. The summed E-state index contributed by atoms with van der Waals surface area (Å²) in [7, 11) is 1.58. The lowest BCUT2D eigenvalue weighted by atomic mass is 10.3. The van der Waals surface area contributed by atoms with Crippen LogP contribution in [0.3, 0.4) is 0 Å². The maximum Gasteiger partial charge on any atom is 0.185 e. The SMILES string of the molecule is CN(C#N)c1cc(Nc2ccccc2F)ncn1. The highest BCUT2D eigenvalue weighted by Gasteiger charge is 2.05. The van der Waals surface area contributed by atoms with Crippen LogP contribution in [-0.4, -0.2) is 17.0 Å². The fraction of sp³-hybridized carbons (Fsp3) is 0.0833. The molecule has 1 heterocycles. The quantitative estimate of drug-likeness (QED) is 0.661. The van der Waals surface area contributed by atoms with E-state index in [1.807, 2.05) is 6.19 Å². The Kier molecular flexibility index (Phi) is 3.34. The summed E-state index contributed by atoms with van der Waals surface area (Å²) in [6, 6.07) is 7.84. The first-order valence-corrected chi connectivity index (χ1v) is 5.18. The summed E-state index contributed by atoms with van der Waals surface area (Å²) < 4.78 is 13.4. The van der Waals surface area contributed by atoms with E-state index in [2.05, 4.69) is 15.3 Å². The number of aromatic nitrogens is 2. The molecule has 1 aromatic carbocycles. The highest BCUT2D eigenvalue weighted by atomic mass is 19.1. The molecular formula is C12H10FN5. The summed E-state index contributed by atoms with van der Waals surface area (Å²) in [5.74, 6) is 0.491. The Morgan fingerprint density at radius 2 is 2.11 bits per heavy atom. The zero-order chi connectivity index (χ0) is 13.0. The number of benzene rings is 1. The molecule has 1 N–H and O–H groups in total. The fourth-order valence-electron chi connectivity index (χ4n) is 1.35. The molecule has 0 amide bonds. The minimum absolute atomic E-state index is 0.321. The number of nitrogens with one attached hydrogen (secondary N) is 1. The Balaban J connectivity index is 2.26. The van der Waals surface area contributed by atoms with Crippen molar-refractivity contribution in [2.24, 2.45) is 0 Å². The molecule has 0 spiro atoms. The van der Waals surface area contributed by atoms with Gasteiger partial charge in [-0.2, -0.15) is 5.26 Å². The molecule has 0 aliphatic rings. The molecule has 90 valence electrons. The van der Waals surface area contributed by atoms with E-state index >= 15 is 0 Å². The minimum Gasteiger partial charge on any atom is -0.338 e. The second-order valence-electron chi connectivity index (χ2n) is 3.53. The number of halogens is 1. The molecule has 18 heavy (non-hydrogen) atoms. The van der Waals surface area contributed by atoms with Crippen molar-refractivity contribution in [3.63, 3.8) is 0 Å². The van der Waals surface area contributed by atoms with Gasteiger partial charge >= 0.3 is 0 Å². The predicted octanol–water partition coefficient (Wildman–Crippen LogP) is 2.28. The third-order valence-corrected chi connectivity index (χ3v) is 2.28. The van der Waals surface area contributed by atoms with E-state index in [0.29, 0.717) is 17.3 Å². The van der Waals surface area contributed by atoms with Crippen molar-refractivity contribution >= 4 is 17.3 Å². The second-order valence-corrected chi connectivity index (χ2v) is 3.53. The Morgan fingerprint density at radius 3 is 2.83 bits per heavy atom. The lowest BCUT2D eigenvalue weighted by Crippen LogP contribution is -2.10. The second kappa shape index (κ2) is 5.10. The Morgan fingerprint density at radius 1 is 1.33 bits per heavy atom. The third kappa shape index (κ3) is 2.52. The van der Waals surface area contributed by atoms with Crippen LogP contribution in [0.5, 0.6) is 0 Å². The van der Waals surface area contributed by atoms with Crippen molar-refractivity contribution in [2.75, 3.05) is 17.3 Å². The normalized spacial score (nSPS) is 9.61. The van der Waals surface area contributed by atoms with Crippen LogP contribution in [-0.2, 0) is 0 Å². The standard InChI is InChI=1S/C12H10FN5/c1-18(7-14)12-6-11(15-8-16-12)17-10-5-3-2-4-9(10)13/h2-6,8H,1H3,(H,15,16,17). The summed E-state index contributed by atoms with van der Waals surface area (Å²) in [5.41, 5.74) is 0.321. The van der Waals surface area contributed by atoms with Gasteiger partial charge in [0.1, 0.15) is 23.8 Å². The molecule has 0 aliphatic heterocycles. The van der Waals surface area contributed by atoms with Crippen LogP contribution in [0.15, 0.2) is 36.7 Å². The van der Waals surface area contributed by atoms with Gasteiger partial charge in [0.2, 0.25) is 0 Å². The van der Waals surface area contributed by atoms with Crippen LogP contribution in [0.25, 0.3) is 0 Å². The van der Waals surface area contributed by atoms with E-state index in [1.54, 1.807) is 31.3 Å². The summed E-state index contributed by atoms with van der Waals surface area (Å²) in [6.45, 7) is 0. The number of nitriles is 1. The van der Waals surface area contributed by atoms with Gasteiger partial charge in [-0.25, -0.2) is 14.4 Å². The number of hydrogen-bond donors (Lipinski definition) is 1. The minimum atomic E-state index is -0.369. The van der Waals surface area contributed by atoms with E-state index in [0.717, 1.165) is 0 Å². The van der Waals surface area contributed by atoms with Gasteiger partial charge in [-0.3, -0.25) is 4.90 Å². The zero-order valence-electron chi connectivity index (χ0n) is 9.63. The molecule has 0 unspecified atom stereocenters. The Bertz CT molecular complexity index is 593. The molecule has 2 aromatic rings. The third-order valence-electron chi connectivity index (χ3n) is 2.28. The monoisotopic (exact) mass is 243 g/mol. The number of para-hydroxylation sites is 1. The van der Waals surface area contributed by atoms with Crippen LogP contribution < -0.4 is 10.2 Å². The fourth-order valence-corrected chi connectivity index (χ4v) is 1.35. The summed E-state index contributed by atoms with van der Waals surface area (Å²) in [6.07, 6.45) is 3.24. The Hall–Kier alpha value is -2.68. The lowest BCUT2D eigenvalue weighted by molar-refractivity contribution is 0.632. The number of rotatable bonds is 3. The molecule has 0 saturated heterocycles. The average molecular weight is 243 g/mol. The van der Waals surface area contributed by atoms with Crippen molar-refractivity contribution in [1.29, 1.82) is 5.26 Å². The highest BCUT2D eigenvalue weighted by Crippen LogP contribution is 2.19. The topological polar surface area (TPSA) is 64.8 Å². The molecule has 0 fully saturated rings. The largest absolute Gasteiger partial charge is 0.338 e. The maximum atomic E-state index is 13.4. The molecule has 0 saturated carbocycles. The van der Waals surface area contributed by atoms with Crippen molar-refractivity contribution < 1.29 is 4.39 Å². The van der Waals surface area contributed by atoms with Crippen molar-refractivity contribution in [1.82, 2.24) is 9.97 Å². The molecule has 5 nitrogen and oxygen atoms in total. The van der Waals surface area contributed by atoms with Crippen LogP contribution >= 0.6 is 0 Å². The molecular weight excluding hydrogens is 233 g/mol. The number of nitrogens with zero attached hydrogens (tertiary/aromatic N) is 4. The molecule has 6 heteroatoms. The number of hydrogen-bond acceptors (Lipinski definition) is 5. The predicted molar refractivity (Wildman–Crippen MR) is 65.7 cm³/mol. The van der Waals surface area contributed by atoms with E-state index in [9.17, 15) is 4.39 Å². The molecule has 0 bridgehead atoms. The summed E-state index contributed by atoms with van der Waals surface area (Å²) in [5, 5.41) is 11.6. The summed E-state index contributed by atoms with van der Waals surface area (Å²) in [4.78, 5) is 9.19. The first-order chi connectivity index (χ1) is 8.70. The number of anilines is 3. The van der Waals surface area contributed by atoms with Gasteiger partial charge < -0.3 is 5.32 Å². The smallest absolute Gasteiger partial charge is 0.185 e. The van der Waals surface area contributed by atoms with Gasteiger partial charge in [0, 0.05) is 13.1 Å². The van der Waals surface area contributed by atoms with E-state index < -0.39 is 0 Å².